The van der Waals surface area contributed by atoms with Crippen LogP contribution in [0.4, 0.5) is 4.79 Å². The molecule has 1 N–H and O–H groups in total. The van der Waals surface area contributed by atoms with Crippen LogP contribution in [0.25, 0.3) is 0 Å². The van der Waals surface area contributed by atoms with Crippen molar-refractivity contribution in [3.05, 3.63) is 0 Å². The number of carbonyl (C=O) groups excluding carboxylic acids is 2. The number of imide groups is 1. The highest BCUT2D eigenvalue weighted by Crippen LogP contribution is 2.15. The van der Waals surface area contributed by atoms with Crippen molar-refractivity contribution in [2.24, 2.45) is 0 Å². The molecule has 0 aliphatic carbocycles. The number of ether oxygens (including phenoxy) is 1. The van der Waals surface area contributed by atoms with Gasteiger partial charge in [-0.2, -0.15) is 0 Å². The maximum absolute atomic E-state index is 11.8. The SMILES string of the molecule is CC(=O)N(C(=O)OC(C)(C)C)[C@@H]1CCNC1. The summed E-state index contributed by atoms with van der Waals surface area (Å²) in [6, 6.07) is -0.0765. The Labute approximate surface area is 96.1 Å². The average Bonchev–Trinajstić information content (AvgIpc) is 2.52. The van der Waals surface area contributed by atoms with Crippen LogP contribution in [0.2, 0.25) is 0 Å². The fraction of sp³-hybridized carbons (Fsp3) is 0.818. The molecule has 16 heavy (non-hydrogen) atoms. The van der Waals surface area contributed by atoms with Gasteiger partial charge in [0.15, 0.2) is 0 Å². The third-order valence-electron chi connectivity index (χ3n) is 2.33. The molecular weight excluding hydrogens is 208 g/mol. The molecule has 1 heterocycles. The molecule has 0 aromatic carbocycles. The third-order valence-corrected chi connectivity index (χ3v) is 2.33. The molecule has 5 heteroatoms. The predicted molar refractivity (Wildman–Crippen MR) is 60.0 cm³/mol. The molecule has 1 aliphatic heterocycles. The number of nitrogens with one attached hydrogen (secondary N) is 1. The monoisotopic (exact) mass is 228 g/mol. The lowest BCUT2D eigenvalue weighted by Crippen LogP contribution is -2.46. The molecule has 1 saturated heterocycles. The zero-order valence-electron chi connectivity index (χ0n) is 10.4. The zero-order valence-corrected chi connectivity index (χ0v) is 10.4. The molecule has 1 fully saturated rings. The van der Waals surface area contributed by atoms with Crippen LogP contribution in [0.15, 0.2) is 0 Å². The van der Waals surface area contributed by atoms with Gasteiger partial charge in [-0.1, -0.05) is 0 Å². The summed E-state index contributed by atoms with van der Waals surface area (Å²) in [4.78, 5) is 24.5. The van der Waals surface area contributed by atoms with Crippen LogP contribution in [0.5, 0.6) is 0 Å². The van der Waals surface area contributed by atoms with Crippen LogP contribution >= 0.6 is 0 Å². The van der Waals surface area contributed by atoms with Crippen LogP contribution < -0.4 is 5.32 Å². The number of carbonyl (C=O) groups is 2. The Hall–Kier alpha value is -1.10. The van der Waals surface area contributed by atoms with Crippen molar-refractivity contribution in [3.63, 3.8) is 0 Å². The minimum atomic E-state index is -0.573. The number of amides is 2. The molecule has 0 unspecified atom stereocenters. The summed E-state index contributed by atoms with van der Waals surface area (Å²) in [7, 11) is 0. The molecule has 0 aromatic heterocycles. The average molecular weight is 228 g/mol. The van der Waals surface area contributed by atoms with Crippen LogP contribution in [-0.2, 0) is 9.53 Å². The lowest BCUT2D eigenvalue weighted by atomic mass is 10.2. The first-order valence-electron chi connectivity index (χ1n) is 5.55. The van der Waals surface area contributed by atoms with Crippen LogP contribution in [-0.4, -0.2) is 41.6 Å². The van der Waals surface area contributed by atoms with Gasteiger partial charge in [0.1, 0.15) is 5.60 Å². The first-order chi connectivity index (χ1) is 7.31. The molecule has 1 atom stereocenters. The number of hydrogen-bond donors (Lipinski definition) is 1. The maximum atomic E-state index is 11.8. The number of nitrogens with zero attached hydrogens (tertiary/aromatic N) is 1. The lowest BCUT2D eigenvalue weighted by Gasteiger charge is -2.28. The Balaban J connectivity index is 2.70. The Morgan fingerprint density at radius 1 is 1.38 bits per heavy atom. The highest BCUT2D eigenvalue weighted by Gasteiger charge is 2.32. The van der Waals surface area contributed by atoms with Crippen LogP contribution in [0.3, 0.4) is 0 Å². The van der Waals surface area contributed by atoms with Gasteiger partial charge >= 0.3 is 6.09 Å². The van der Waals surface area contributed by atoms with Crippen LogP contribution in [0.1, 0.15) is 34.1 Å². The molecular formula is C11H20N2O3. The van der Waals surface area contributed by atoms with E-state index in [0.29, 0.717) is 6.54 Å². The van der Waals surface area contributed by atoms with Gasteiger partial charge in [0.2, 0.25) is 5.91 Å². The summed E-state index contributed by atoms with van der Waals surface area (Å²) in [6.07, 6.45) is 0.243. The van der Waals surface area contributed by atoms with Gasteiger partial charge < -0.3 is 10.1 Å². The second-order valence-corrected chi connectivity index (χ2v) is 5.02. The van der Waals surface area contributed by atoms with E-state index in [1.165, 1.54) is 11.8 Å². The fourth-order valence-electron chi connectivity index (χ4n) is 1.71. The highest BCUT2D eigenvalue weighted by atomic mass is 16.6. The quantitative estimate of drug-likeness (QED) is 0.731. The predicted octanol–water partition coefficient (Wildman–Crippen LogP) is 1.13. The summed E-state index contributed by atoms with van der Waals surface area (Å²) in [5, 5.41) is 3.12. The van der Waals surface area contributed by atoms with Crippen LogP contribution in [0, 0.1) is 0 Å². The van der Waals surface area contributed by atoms with Gasteiger partial charge in [-0.3, -0.25) is 4.79 Å². The van der Waals surface area contributed by atoms with Crippen molar-refractivity contribution in [1.29, 1.82) is 0 Å². The molecule has 92 valence electrons. The van der Waals surface area contributed by atoms with Crippen molar-refractivity contribution in [1.82, 2.24) is 10.2 Å². The minimum Gasteiger partial charge on any atom is -0.443 e. The first-order valence-corrected chi connectivity index (χ1v) is 5.55. The van der Waals surface area contributed by atoms with Crippen molar-refractivity contribution < 1.29 is 14.3 Å². The molecule has 0 saturated carbocycles. The van der Waals surface area contributed by atoms with E-state index in [0.717, 1.165) is 13.0 Å². The lowest BCUT2D eigenvalue weighted by molar-refractivity contribution is -0.129. The largest absolute Gasteiger partial charge is 0.443 e. The maximum Gasteiger partial charge on any atom is 0.417 e. The second-order valence-electron chi connectivity index (χ2n) is 5.02. The van der Waals surface area contributed by atoms with Crippen molar-refractivity contribution in [2.75, 3.05) is 13.1 Å². The summed E-state index contributed by atoms with van der Waals surface area (Å²) < 4.78 is 5.21. The standard InChI is InChI=1S/C11H20N2O3/c1-8(14)13(9-5-6-12-7-9)10(15)16-11(2,3)4/h9,12H,5-7H2,1-4H3/t9-/m1/s1. The molecule has 1 aliphatic rings. The van der Waals surface area contributed by atoms with Gasteiger partial charge in [0.25, 0.3) is 0 Å². The summed E-state index contributed by atoms with van der Waals surface area (Å²) in [6.45, 7) is 8.24. The Morgan fingerprint density at radius 3 is 2.38 bits per heavy atom. The van der Waals surface area contributed by atoms with E-state index in [9.17, 15) is 9.59 Å². The van der Waals surface area contributed by atoms with E-state index in [-0.39, 0.29) is 11.9 Å². The van der Waals surface area contributed by atoms with Crippen molar-refractivity contribution in [3.8, 4) is 0 Å². The molecule has 0 spiro atoms. The number of rotatable bonds is 1. The smallest absolute Gasteiger partial charge is 0.417 e. The second kappa shape index (κ2) is 4.82. The Kier molecular flexibility index (Phi) is 3.91. The fourth-order valence-corrected chi connectivity index (χ4v) is 1.71. The highest BCUT2D eigenvalue weighted by molar-refractivity contribution is 5.91. The van der Waals surface area contributed by atoms with Gasteiger partial charge in [-0.05, 0) is 33.7 Å². The summed E-state index contributed by atoms with van der Waals surface area (Å²) in [5.41, 5.74) is -0.573. The van der Waals surface area contributed by atoms with E-state index >= 15 is 0 Å². The van der Waals surface area contributed by atoms with Gasteiger partial charge in [0.05, 0.1) is 6.04 Å². The van der Waals surface area contributed by atoms with E-state index in [1.807, 2.05) is 0 Å². The minimum absolute atomic E-state index is 0.0765. The van der Waals surface area contributed by atoms with E-state index in [1.54, 1.807) is 20.8 Å². The third kappa shape index (κ3) is 3.48. The van der Waals surface area contributed by atoms with Crippen molar-refractivity contribution in [2.45, 2.75) is 45.8 Å². The Morgan fingerprint density at radius 2 is 2.00 bits per heavy atom. The number of hydrogen-bond acceptors (Lipinski definition) is 4. The van der Waals surface area contributed by atoms with Gasteiger partial charge in [-0.15, -0.1) is 0 Å². The Bertz CT molecular complexity index is 277. The molecule has 5 nitrogen and oxygen atoms in total. The summed E-state index contributed by atoms with van der Waals surface area (Å²) in [5.74, 6) is -0.261. The van der Waals surface area contributed by atoms with Crippen molar-refractivity contribution >= 4 is 12.0 Å². The first kappa shape index (κ1) is 13.0. The molecule has 0 aromatic rings. The molecule has 0 bridgehead atoms. The molecule has 0 radical (unpaired) electrons. The van der Waals surface area contributed by atoms with Gasteiger partial charge in [-0.25, -0.2) is 9.69 Å². The molecule has 1 rings (SSSR count). The zero-order chi connectivity index (χ0) is 12.3. The molecule has 2 amide bonds. The topological polar surface area (TPSA) is 58.6 Å². The van der Waals surface area contributed by atoms with E-state index < -0.39 is 11.7 Å². The summed E-state index contributed by atoms with van der Waals surface area (Å²) >= 11 is 0. The normalized spacial score (nSPS) is 20.6. The van der Waals surface area contributed by atoms with E-state index in [4.69, 9.17) is 4.74 Å². The van der Waals surface area contributed by atoms with Gasteiger partial charge in [0, 0.05) is 13.5 Å². The van der Waals surface area contributed by atoms with E-state index in [2.05, 4.69) is 5.32 Å².